The second-order valence-electron chi connectivity index (χ2n) is 14.9. The number of esters is 4. The number of carbonyl (C=O) groups is 4. The predicted octanol–water partition coefficient (Wildman–Crippen LogP) is 10.8. The third-order valence-corrected chi connectivity index (χ3v) is 8.59. The van der Waals surface area contributed by atoms with Crippen LogP contribution in [0.1, 0.15) is 46.6 Å². The topological polar surface area (TPSA) is 216 Å². The molecule has 0 radical (unpaired) electrons. The number of aliphatic hydroxyl groups is 5. The van der Waals surface area contributed by atoms with Crippen molar-refractivity contribution >= 4 is 45.4 Å². The summed E-state index contributed by atoms with van der Waals surface area (Å²) in [7, 11) is 5.33. The highest BCUT2D eigenvalue weighted by atomic mass is 16.6. The van der Waals surface area contributed by atoms with Gasteiger partial charge >= 0.3 is 23.9 Å². The minimum absolute atomic E-state index is 0.264. The molecule has 414 valence electrons. The van der Waals surface area contributed by atoms with Crippen molar-refractivity contribution in [2.75, 3.05) is 48.8 Å². The van der Waals surface area contributed by atoms with Crippen molar-refractivity contribution in [3.8, 4) is 5.75 Å². The van der Waals surface area contributed by atoms with Gasteiger partial charge in [-0.1, -0.05) is 178 Å². The molecule has 76 heavy (non-hydrogen) atoms. The average Bonchev–Trinajstić information content (AvgIpc) is 3.46. The molecule has 1 saturated heterocycles. The van der Waals surface area contributed by atoms with Crippen LogP contribution in [-0.2, 0) is 44.7 Å². The van der Waals surface area contributed by atoms with E-state index in [1.165, 1.54) is 28.7 Å². The van der Waals surface area contributed by atoms with E-state index < -0.39 is 18.2 Å². The lowest BCUT2D eigenvalue weighted by atomic mass is 10.1. The van der Waals surface area contributed by atoms with Crippen molar-refractivity contribution in [3.05, 3.63) is 225 Å². The van der Waals surface area contributed by atoms with Crippen LogP contribution < -0.4 is 4.74 Å². The van der Waals surface area contributed by atoms with Crippen LogP contribution in [0, 0.1) is 0 Å². The van der Waals surface area contributed by atoms with Crippen LogP contribution in [0.25, 0.3) is 21.5 Å². The molecule has 1 aliphatic heterocycles. The monoisotopic (exact) mass is 1050 g/mol. The molecule has 0 saturated carbocycles. The molecule has 1 fully saturated rings. The molecule has 5 N–H and O–H groups in total. The van der Waals surface area contributed by atoms with Crippen molar-refractivity contribution in [1.29, 1.82) is 0 Å². The predicted molar refractivity (Wildman–Crippen MR) is 307 cm³/mol. The zero-order chi connectivity index (χ0) is 58.7. The number of allylic oxidation sites excluding steroid dienone is 1. The van der Waals surface area contributed by atoms with Gasteiger partial charge in [0.25, 0.3) is 0 Å². The molecule has 0 spiro atoms. The third kappa shape index (κ3) is 37.9. The van der Waals surface area contributed by atoms with Crippen molar-refractivity contribution in [2.45, 2.75) is 59.9 Å². The fourth-order valence-electron chi connectivity index (χ4n) is 5.02. The molecule has 0 aromatic heterocycles. The highest BCUT2D eigenvalue weighted by Crippen LogP contribution is 2.14. The molecule has 1 heterocycles. The van der Waals surface area contributed by atoms with Gasteiger partial charge in [-0.3, -0.25) is 0 Å². The number of fused-ring (bicyclic) bond motifs is 2. The van der Waals surface area contributed by atoms with Crippen LogP contribution in [0.3, 0.4) is 0 Å². The van der Waals surface area contributed by atoms with Crippen LogP contribution in [0.4, 0.5) is 0 Å². The van der Waals surface area contributed by atoms with Crippen LogP contribution in [0.5, 0.6) is 5.75 Å². The summed E-state index contributed by atoms with van der Waals surface area (Å²) in [6.07, 6.45) is 1.10. The molecule has 0 amide bonds. The lowest BCUT2D eigenvalue weighted by molar-refractivity contribution is -0.162. The SMILES string of the molecule is C=C(C)C(=O)OC.C=C(C)C(=O)OC1COCCC1O.C=C(C)C(=O)OCc1ccccc1.C=C(C)C(=O)Oc1ccccc1.C=CC.CO.CO.CO.CO.c1ccc2ccccc2c1.c1ccc2ccccc2c1. The molecular formula is C62H82O14. The van der Waals surface area contributed by atoms with Crippen LogP contribution in [0.2, 0.25) is 0 Å². The molecule has 14 nitrogen and oxygen atoms in total. The smallest absolute Gasteiger partial charge is 0.338 e. The average molecular weight is 1050 g/mol. The number of benzene rings is 6. The Kier molecular flexibility index (Phi) is 49.8. The standard InChI is InChI=1S/C11H12O2.C10H10O2.2C10H8.C9H14O4.C5H8O2.C3H6.4CH4O/c1-9(2)11(12)13-8-10-6-4-3-5-7-10;1-8(2)10(11)12-9-6-4-3-5-7-9;2*1-2-6-10-8-4-3-7-9(10)5-1;1-6(2)9(11)13-8-5-12-4-3-7(8)10;1-4(2)5(6)7-3;1-3-2;4*1-2/h3-7H,1,8H2,2H3;3-7H,1H2,2H3;2*1-8H;7-8,10H,1,3-5H2,2H3;1H2,2-3H3;3H,1H2,2H3;4*2H,1H3. The number of methoxy groups -OCH3 is 1. The highest BCUT2D eigenvalue weighted by Gasteiger charge is 2.27. The van der Waals surface area contributed by atoms with Gasteiger partial charge in [0.15, 0.2) is 6.10 Å². The van der Waals surface area contributed by atoms with Gasteiger partial charge in [-0.2, -0.15) is 0 Å². The maximum absolute atomic E-state index is 11.1. The quantitative estimate of drug-likeness (QED) is 0.0315. The van der Waals surface area contributed by atoms with E-state index in [0.717, 1.165) is 34.0 Å². The summed E-state index contributed by atoms with van der Waals surface area (Å²) in [5, 5.41) is 42.7. The minimum Gasteiger partial charge on any atom is -0.466 e. The van der Waals surface area contributed by atoms with Gasteiger partial charge in [-0.15, -0.1) is 6.58 Å². The highest BCUT2D eigenvalue weighted by molar-refractivity contribution is 5.89. The number of ether oxygens (including phenoxy) is 5. The van der Waals surface area contributed by atoms with Crippen molar-refractivity contribution in [1.82, 2.24) is 0 Å². The Morgan fingerprint density at radius 3 is 1.13 bits per heavy atom. The molecule has 0 bridgehead atoms. The second kappa shape index (κ2) is 50.7. The lowest BCUT2D eigenvalue weighted by Crippen LogP contribution is -2.40. The maximum Gasteiger partial charge on any atom is 0.338 e. The van der Waals surface area contributed by atoms with Gasteiger partial charge in [0.1, 0.15) is 12.4 Å². The number of rotatable bonds is 8. The first kappa shape index (κ1) is 74.7. The Labute approximate surface area is 451 Å². The summed E-state index contributed by atoms with van der Waals surface area (Å²) in [4.78, 5) is 43.2. The Hall–Kier alpha value is -7.82. The largest absolute Gasteiger partial charge is 0.466 e. The number of hydrogen-bond acceptors (Lipinski definition) is 14. The Morgan fingerprint density at radius 2 is 0.842 bits per heavy atom. The lowest BCUT2D eigenvalue weighted by Gasteiger charge is -2.27. The number of hydrogen-bond donors (Lipinski definition) is 5. The van der Waals surface area contributed by atoms with Gasteiger partial charge in [-0.25, -0.2) is 19.2 Å². The van der Waals surface area contributed by atoms with E-state index in [2.05, 4.69) is 135 Å². The number of aliphatic hydroxyl groups excluding tert-OH is 5. The second-order valence-corrected chi connectivity index (χ2v) is 14.9. The Bertz CT molecular complexity index is 2300. The van der Waals surface area contributed by atoms with Crippen LogP contribution in [-0.4, -0.2) is 110 Å². The normalized spacial score (nSPS) is 11.7. The number of carbonyl (C=O) groups excluding carboxylic acids is 4. The first-order valence-electron chi connectivity index (χ1n) is 23.4. The summed E-state index contributed by atoms with van der Waals surface area (Å²) < 4.78 is 24.2. The molecule has 7 rings (SSSR count). The van der Waals surface area contributed by atoms with E-state index in [4.69, 9.17) is 39.4 Å². The fourth-order valence-corrected chi connectivity index (χ4v) is 5.02. The molecular weight excluding hydrogens is 969 g/mol. The molecule has 2 unspecified atom stereocenters. The van der Waals surface area contributed by atoms with E-state index in [1.54, 1.807) is 58.0 Å². The van der Waals surface area contributed by atoms with Crippen molar-refractivity contribution in [3.63, 3.8) is 0 Å². The third-order valence-electron chi connectivity index (χ3n) is 8.59. The summed E-state index contributed by atoms with van der Waals surface area (Å²) in [6, 6.07) is 51.9. The van der Waals surface area contributed by atoms with E-state index in [0.29, 0.717) is 47.7 Å². The molecule has 6 aromatic carbocycles. The van der Waals surface area contributed by atoms with E-state index in [9.17, 15) is 24.3 Å². The first-order valence-corrected chi connectivity index (χ1v) is 23.4. The Balaban J connectivity index is -0.000000397. The van der Waals surface area contributed by atoms with Crippen LogP contribution in [0.15, 0.2) is 219 Å². The van der Waals surface area contributed by atoms with Crippen molar-refractivity contribution in [2.24, 2.45) is 0 Å². The van der Waals surface area contributed by atoms with Crippen molar-refractivity contribution < 1.29 is 68.4 Å². The fraction of sp³-hybridized carbons (Fsp3) is 0.258. The number of para-hydroxylation sites is 1. The van der Waals surface area contributed by atoms with Gasteiger partial charge in [0.2, 0.25) is 0 Å². The van der Waals surface area contributed by atoms with Crippen LogP contribution >= 0.6 is 0 Å². The summed E-state index contributed by atoms with van der Waals surface area (Å²) in [5.74, 6) is -1.01. The molecule has 0 aliphatic carbocycles. The minimum atomic E-state index is -0.614. The van der Waals surface area contributed by atoms with Gasteiger partial charge in [0.05, 0.1) is 19.8 Å². The van der Waals surface area contributed by atoms with Gasteiger partial charge < -0.3 is 49.2 Å². The summed E-state index contributed by atoms with van der Waals surface area (Å²) in [6.45, 7) is 26.5. The first-order chi connectivity index (χ1) is 36.5. The zero-order valence-electron chi connectivity index (χ0n) is 46.0. The van der Waals surface area contributed by atoms with E-state index in [1.807, 2.05) is 43.3 Å². The molecule has 6 aromatic rings. The Morgan fingerprint density at radius 1 is 0.526 bits per heavy atom. The van der Waals surface area contributed by atoms with E-state index in [-0.39, 0.29) is 24.5 Å². The zero-order valence-corrected chi connectivity index (χ0v) is 46.0. The van der Waals surface area contributed by atoms with Gasteiger partial charge in [-0.05, 0) is 73.9 Å². The van der Waals surface area contributed by atoms with Gasteiger partial charge in [0, 0.05) is 63.8 Å². The molecule has 1 aliphatic rings. The maximum atomic E-state index is 11.1. The molecule has 2 atom stereocenters. The summed E-state index contributed by atoms with van der Waals surface area (Å²) in [5.41, 5.74) is 2.58. The summed E-state index contributed by atoms with van der Waals surface area (Å²) >= 11 is 0. The molecule has 14 heteroatoms. The van der Waals surface area contributed by atoms with E-state index >= 15 is 0 Å².